The third-order valence-corrected chi connectivity index (χ3v) is 4.20. The summed E-state index contributed by atoms with van der Waals surface area (Å²) >= 11 is 0. The van der Waals surface area contributed by atoms with Crippen LogP contribution in [0.4, 0.5) is 0 Å². The molecule has 0 amide bonds. The largest absolute Gasteiger partial charge is 0.316 e. The van der Waals surface area contributed by atoms with Crippen molar-refractivity contribution in [2.75, 3.05) is 26.7 Å². The van der Waals surface area contributed by atoms with E-state index in [1.165, 1.54) is 30.6 Å². The molecule has 102 valence electrons. The lowest BCUT2D eigenvalue weighted by Gasteiger charge is -2.25. The summed E-state index contributed by atoms with van der Waals surface area (Å²) in [4.78, 5) is 2.47. The van der Waals surface area contributed by atoms with Crippen LogP contribution >= 0.6 is 0 Å². The third-order valence-electron chi connectivity index (χ3n) is 4.20. The van der Waals surface area contributed by atoms with Gasteiger partial charge in [0.25, 0.3) is 0 Å². The van der Waals surface area contributed by atoms with Crippen molar-refractivity contribution in [2.45, 2.75) is 32.7 Å². The van der Waals surface area contributed by atoms with Crippen molar-refractivity contribution in [3.8, 4) is 0 Å². The molecule has 2 heterocycles. The predicted molar refractivity (Wildman–Crippen MR) is 74.6 cm³/mol. The van der Waals surface area contributed by atoms with Crippen LogP contribution in [0.2, 0.25) is 0 Å². The third kappa shape index (κ3) is 2.59. The maximum Gasteiger partial charge on any atom is 0.0540 e. The van der Waals surface area contributed by atoms with E-state index in [0.29, 0.717) is 12.0 Å². The topological polar surface area (TPSA) is 33.1 Å². The number of rotatable bonds is 5. The van der Waals surface area contributed by atoms with E-state index in [2.05, 4.69) is 42.4 Å². The Morgan fingerprint density at radius 3 is 2.83 bits per heavy atom. The van der Waals surface area contributed by atoms with E-state index in [0.717, 1.165) is 13.1 Å². The van der Waals surface area contributed by atoms with Crippen molar-refractivity contribution in [3.05, 3.63) is 17.5 Å². The van der Waals surface area contributed by atoms with Crippen molar-refractivity contribution >= 4 is 0 Å². The molecule has 0 saturated carbocycles. The lowest BCUT2D eigenvalue weighted by molar-refractivity contribution is 0.271. The normalized spacial score (nSPS) is 24.9. The van der Waals surface area contributed by atoms with E-state index in [-0.39, 0.29) is 0 Å². The summed E-state index contributed by atoms with van der Waals surface area (Å²) in [6.45, 7) is 7.83. The summed E-state index contributed by atoms with van der Waals surface area (Å²) in [5.74, 6) is 0.712. The van der Waals surface area contributed by atoms with E-state index in [9.17, 15) is 0 Å². The Kier molecular flexibility index (Phi) is 4.40. The van der Waals surface area contributed by atoms with Gasteiger partial charge in [-0.3, -0.25) is 9.58 Å². The summed E-state index contributed by atoms with van der Waals surface area (Å²) in [6.07, 6.45) is 4.54. The van der Waals surface area contributed by atoms with Gasteiger partial charge in [-0.1, -0.05) is 6.92 Å². The Bertz CT molecular complexity index is 385. The molecule has 18 heavy (non-hydrogen) atoms. The Labute approximate surface area is 110 Å². The Morgan fingerprint density at radius 1 is 1.44 bits per heavy atom. The molecule has 1 aliphatic rings. The standard InChI is InChI=1S/C14H26N4/c1-5-7-15-9-12-6-8-17(3)14(12)13-10-16-18(4)11(13)2/h10,12,14-15H,5-9H2,1-4H3. The van der Waals surface area contributed by atoms with Gasteiger partial charge < -0.3 is 5.32 Å². The van der Waals surface area contributed by atoms with E-state index >= 15 is 0 Å². The Hall–Kier alpha value is -0.870. The van der Waals surface area contributed by atoms with Gasteiger partial charge in [-0.05, 0) is 52.4 Å². The van der Waals surface area contributed by atoms with Crippen LogP contribution in [0.3, 0.4) is 0 Å². The lowest BCUT2D eigenvalue weighted by atomic mass is 9.94. The summed E-state index contributed by atoms with van der Waals surface area (Å²) in [5, 5.41) is 7.97. The number of hydrogen-bond acceptors (Lipinski definition) is 3. The van der Waals surface area contributed by atoms with Gasteiger partial charge in [0.15, 0.2) is 0 Å². The highest BCUT2D eigenvalue weighted by molar-refractivity contribution is 5.22. The molecule has 0 aliphatic carbocycles. The first-order valence-corrected chi connectivity index (χ1v) is 7.04. The fourth-order valence-electron chi connectivity index (χ4n) is 3.00. The summed E-state index contributed by atoms with van der Waals surface area (Å²) in [5.41, 5.74) is 2.70. The van der Waals surface area contributed by atoms with Gasteiger partial charge in [0.2, 0.25) is 0 Å². The monoisotopic (exact) mass is 250 g/mol. The van der Waals surface area contributed by atoms with E-state index in [1.807, 2.05) is 11.7 Å². The number of aromatic nitrogens is 2. The average Bonchev–Trinajstić information content (AvgIpc) is 2.86. The first kappa shape index (κ1) is 13.6. The SMILES string of the molecule is CCCNCC1CCN(C)C1c1cnn(C)c1C. The minimum atomic E-state index is 0.531. The van der Waals surface area contributed by atoms with Gasteiger partial charge in [-0.15, -0.1) is 0 Å². The van der Waals surface area contributed by atoms with Crippen LogP contribution in [0, 0.1) is 12.8 Å². The van der Waals surface area contributed by atoms with E-state index in [4.69, 9.17) is 0 Å². The van der Waals surface area contributed by atoms with Crippen LogP contribution in [0.25, 0.3) is 0 Å². The van der Waals surface area contributed by atoms with Gasteiger partial charge >= 0.3 is 0 Å². The van der Waals surface area contributed by atoms with Crippen molar-refractivity contribution < 1.29 is 0 Å². The maximum atomic E-state index is 4.40. The number of aryl methyl sites for hydroxylation is 1. The molecule has 1 N–H and O–H groups in total. The predicted octanol–water partition coefficient (Wildman–Crippen LogP) is 1.72. The van der Waals surface area contributed by atoms with Gasteiger partial charge in [0.05, 0.1) is 6.20 Å². The van der Waals surface area contributed by atoms with Gasteiger partial charge in [-0.2, -0.15) is 5.10 Å². The zero-order chi connectivity index (χ0) is 13.1. The smallest absolute Gasteiger partial charge is 0.0540 e. The first-order valence-electron chi connectivity index (χ1n) is 7.04. The zero-order valence-corrected chi connectivity index (χ0v) is 12.1. The van der Waals surface area contributed by atoms with Crippen LogP contribution in [-0.4, -0.2) is 41.4 Å². The molecule has 2 rings (SSSR count). The molecule has 0 spiro atoms. The minimum Gasteiger partial charge on any atom is -0.316 e. The van der Waals surface area contributed by atoms with Crippen molar-refractivity contribution in [3.63, 3.8) is 0 Å². The number of nitrogens with one attached hydrogen (secondary N) is 1. The second kappa shape index (κ2) is 5.85. The van der Waals surface area contributed by atoms with Crippen LogP contribution in [0.5, 0.6) is 0 Å². The Morgan fingerprint density at radius 2 is 2.22 bits per heavy atom. The summed E-state index contributed by atoms with van der Waals surface area (Å²) in [6, 6.07) is 0.531. The van der Waals surface area contributed by atoms with Gasteiger partial charge in [0, 0.05) is 24.3 Å². The fraction of sp³-hybridized carbons (Fsp3) is 0.786. The van der Waals surface area contributed by atoms with Crippen molar-refractivity contribution in [1.82, 2.24) is 20.0 Å². The molecule has 0 bridgehead atoms. The molecular formula is C14H26N4. The number of nitrogens with zero attached hydrogens (tertiary/aromatic N) is 3. The average molecular weight is 250 g/mol. The molecule has 1 aliphatic heterocycles. The van der Waals surface area contributed by atoms with Crippen LogP contribution in [0.15, 0.2) is 6.20 Å². The first-order chi connectivity index (χ1) is 8.65. The highest BCUT2D eigenvalue weighted by Crippen LogP contribution is 2.36. The van der Waals surface area contributed by atoms with Gasteiger partial charge in [-0.25, -0.2) is 0 Å². The molecule has 1 aromatic rings. The summed E-state index contributed by atoms with van der Waals surface area (Å²) in [7, 11) is 4.26. The molecular weight excluding hydrogens is 224 g/mol. The summed E-state index contributed by atoms with van der Waals surface area (Å²) < 4.78 is 1.98. The van der Waals surface area contributed by atoms with Crippen LogP contribution < -0.4 is 5.32 Å². The molecule has 0 radical (unpaired) electrons. The minimum absolute atomic E-state index is 0.531. The van der Waals surface area contributed by atoms with Crippen LogP contribution in [-0.2, 0) is 7.05 Å². The van der Waals surface area contributed by atoms with Gasteiger partial charge in [0.1, 0.15) is 0 Å². The molecule has 0 aromatic carbocycles. The maximum absolute atomic E-state index is 4.40. The molecule has 2 unspecified atom stereocenters. The highest BCUT2D eigenvalue weighted by Gasteiger charge is 2.34. The fourth-order valence-corrected chi connectivity index (χ4v) is 3.00. The van der Waals surface area contributed by atoms with Crippen molar-refractivity contribution in [1.29, 1.82) is 0 Å². The molecule has 1 aromatic heterocycles. The quantitative estimate of drug-likeness (QED) is 0.808. The lowest BCUT2D eigenvalue weighted by Crippen LogP contribution is -2.29. The molecule has 1 saturated heterocycles. The highest BCUT2D eigenvalue weighted by atomic mass is 15.3. The second-order valence-electron chi connectivity index (χ2n) is 5.49. The number of likely N-dealkylation sites (tertiary alicyclic amines) is 1. The van der Waals surface area contributed by atoms with Crippen LogP contribution in [0.1, 0.15) is 37.1 Å². The van der Waals surface area contributed by atoms with E-state index in [1.54, 1.807) is 0 Å². The molecule has 4 heteroatoms. The second-order valence-corrected chi connectivity index (χ2v) is 5.49. The number of hydrogen-bond donors (Lipinski definition) is 1. The molecule has 1 fully saturated rings. The zero-order valence-electron chi connectivity index (χ0n) is 12.1. The molecule has 4 nitrogen and oxygen atoms in total. The molecule has 2 atom stereocenters. The van der Waals surface area contributed by atoms with Crippen molar-refractivity contribution in [2.24, 2.45) is 13.0 Å². The van der Waals surface area contributed by atoms with E-state index < -0.39 is 0 Å². The Balaban J connectivity index is 2.10.